The fourth-order valence-electron chi connectivity index (χ4n) is 6.08. The Bertz CT molecular complexity index is 2120. The van der Waals surface area contributed by atoms with Crippen molar-refractivity contribution in [3.8, 4) is 22.7 Å². The van der Waals surface area contributed by atoms with Crippen molar-refractivity contribution in [2.75, 3.05) is 9.80 Å². The molecule has 250 valence electrons. The van der Waals surface area contributed by atoms with E-state index in [0.717, 1.165) is 56.9 Å². The van der Waals surface area contributed by atoms with E-state index in [2.05, 4.69) is 172 Å². The van der Waals surface area contributed by atoms with Gasteiger partial charge in [-0.25, -0.2) is 0 Å². The Hall–Kier alpha value is -7.74. The number of hydrogen-bond acceptors (Lipinski definition) is 10. The summed E-state index contributed by atoms with van der Waals surface area (Å²) in [6.45, 7) is 0. The van der Waals surface area contributed by atoms with Crippen molar-refractivity contribution in [2.24, 2.45) is 0 Å². The van der Waals surface area contributed by atoms with Crippen molar-refractivity contribution < 1.29 is 0 Å². The monoisotopic (exact) mass is 680 g/mol. The van der Waals surface area contributed by atoms with Crippen molar-refractivity contribution in [3.63, 3.8) is 0 Å². The molecule has 0 unspecified atom stereocenters. The number of aromatic nitrogens is 12. The zero-order valence-corrected chi connectivity index (χ0v) is 27.4. The van der Waals surface area contributed by atoms with Gasteiger partial charge in [-0.1, -0.05) is 0 Å². The Balaban J connectivity index is 1.09. The third-order valence-corrected chi connectivity index (χ3v) is 8.67. The van der Waals surface area contributed by atoms with E-state index < -0.39 is 0 Å². The van der Waals surface area contributed by atoms with Gasteiger partial charge in [0.05, 0.1) is 0 Å². The van der Waals surface area contributed by atoms with Crippen LogP contribution < -0.4 is 9.80 Å². The zero-order valence-electron chi connectivity index (χ0n) is 27.4. The molecule has 0 spiro atoms. The lowest BCUT2D eigenvalue weighted by Crippen LogP contribution is -2.12. The van der Waals surface area contributed by atoms with Crippen LogP contribution in [-0.4, -0.2) is 59.1 Å². The van der Waals surface area contributed by atoms with Gasteiger partial charge in [0.15, 0.2) is 0 Å². The fraction of sp³-hybridized carbons (Fsp3) is 0. The summed E-state index contributed by atoms with van der Waals surface area (Å²) < 4.78 is 7.51. The molecule has 9 rings (SSSR count). The first-order valence-corrected chi connectivity index (χ1v) is 16.3. The molecule has 5 aromatic carbocycles. The number of benzene rings is 5. The van der Waals surface area contributed by atoms with E-state index in [0.29, 0.717) is 0 Å². The minimum Gasteiger partial charge on any atom is -0.310 e. The summed E-state index contributed by atoms with van der Waals surface area (Å²) in [4.78, 5) is 4.45. The van der Waals surface area contributed by atoms with Crippen LogP contribution in [-0.2, 0) is 0 Å². The molecule has 0 saturated carbocycles. The quantitative estimate of drug-likeness (QED) is 0.150. The van der Waals surface area contributed by atoms with Gasteiger partial charge in [0.25, 0.3) is 0 Å². The maximum atomic E-state index is 3.95. The van der Waals surface area contributed by atoms with Gasteiger partial charge in [0.1, 0.15) is 50.6 Å². The third kappa shape index (κ3) is 5.92. The Morgan fingerprint density at radius 2 is 0.385 bits per heavy atom. The highest BCUT2D eigenvalue weighted by Crippen LogP contribution is 2.39. The van der Waals surface area contributed by atoms with E-state index >= 15 is 0 Å². The van der Waals surface area contributed by atoms with Crippen molar-refractivity contribution in [1.82, 2.24) is 59.1 Å². The van der Waals surface area contributed by atoms with Crippen LogP contribution in [0.2, 0.25) is 0 Å². The second-order valence-corrected chi connectivity index (χ2v) is 11.7. The van der Waals surface area contributed by atoms with Gasteiger partial charge in [-0.15, -0.1) is 40.8 Å². The van der Waals surface area contributed by atoms with Gasteiger partial charge in [0.2, 0.25) is 0 Å². The maximum absolute atomic E-state index is 3.95. The molecule has 0 aliphatic heterocycles. The highest BCUT2D eigenvalue weighted by molar-refractivity contribution is 5.82. The molecule has 0 bridgehead atoms. The lowest BCUT2D eigenvalue weighted by Gasteiger charge is -2.28. The second-order valence-electron chi connectivity index (χ2n) is 11.7. The molecule has 4 aromatic heterocycles. The SMILES string of the molecule is c1cc(N(c2ccc(-n3cnnc3)cc2)c2ccc(-n3cnnc3)cc2)ccc1N(c1ccc(-n2cnnc2)cc1)c1ccc(-n2cnnc2)cc1. The highest BCUT2D eigenvalue weighted by Gasteiger charge is 2.17. The molecular weight excluding hydrogens is 653 g/mol. The van der Waals surface area contributed by atoms with Crippen molar-refractivity contribution in [1.29, 1.82) is 0 Å². The summed E-state index contributed by atoms with van der Waals surface area (Å²) in [5.41, 5.74) is 9.82. The Morgan fingerprint density at radius 1 is 0.231 bits per heavy atom. The normalized spacial score (nSPS) is 11.1. The fourth-order valence-corrected chi connectivity index (χ4v) is 6.08. The van der Waals surface area contributed by atoms with Crippen LogP contribution in [0.25, 0.3) is 22.7 Å². The smallest absolute Gasteiger partial charge is 0.123 e. The number of hydrogen-bond donors (Lipinski definition) is 0. The van der Waals surface area contributed by atoms with E-state index in [1.807, 2.05) is 18.3 Å². The lowest BCUT2D eigenvalue weighted by molar-refractivity contribution is 1.05. The average molecular weight is 681 g/mol. The predicted molar refractivity (Wildman–Crippen MR) is 195 cm³/mol. The largest absolute Gasteiger partial charge is 0.310 e. The lowest BCUT2D eigenvalue weighted by atomic mass is 10.1. The molecule has 0 saturated heterocycles. The van der Waals surface area contributed by atoms with E-state index in [4.69, 9.17) is 0 Å². The molecule has 0 N–H and O–H groups in total. The highest BCUT2D eigenvalue weighted by atomic mass is 15.3. The molecule has 0 amide bonds. The van der Waals surface area contributed by atoms with Crippen molar-refractivity contribution in [3.05, 3.63) is 172 Å². The van der Waals surface area contributed by atoms with Gasteiger partial charge < -0.3 is 9.80 Å². The molecule has 14 nitrogen and oxygen atoms in total. The third-order valence-electron chi connectivity index (χ3n) is 8.67. The molecule has 52 heavy (non-hydrogen) atoms. The summed E-state index contributed by atoms with van der Waals surface area (Å²) in [5, 5.41) is 31.6. The number of nitrogens with zero attached hydrogens (tertiary/aromatic N) is 14. The average Bonchev–Trinajstić information content (AvgIpc) is 4.06. The summed E-state index contributed by atoms with van der Waals surface area (Å²) in [6.07, 6.45) is 13.5. The van der Waals surface area contributed by atoms with E-state index in [9.17, 15) is 0 Å². The Kier molecular flexibility index (Phi) is 7.75. The van der Waals surface area contributed by atoms with Gasteiger partial charge in [-0.3, -0.25) is 18.3 Å². The van der Waals surface area contributed by atoms with Gasteiger partial charge in [-0.05, 0) is 121 Å². The molecule has 0 atom stereocenters. The Morgan fingerprint density at radius 3 is 0.558 bits per heavy atom. The molecule has 9 aromatic rings. The first-order valence-electron chi connectivity index (χ1n) is 16.3. The van der Waals surface area contributed by atoms with Crippen molar-refractivity contribution >= 4 is 34.1 Å². The first kappa shape index (κ1) is 30.3. The van der Waals surface area contributed by atoms with Crippen LogP contribution in [0.3, 0.4) is 0 Å². The summed E-state index contributed by atoms with van der Waals surface area (Å²) in [5.74, 6) is 0. The number of rotatable bonds is 10. The van der Waals surface area contributed by atoms with Gasteiger partial charge in [0, 0.05) is 56.9 Å². The minimum atomic E-state index is 0.966. The van der Waals surface area contributed by atoms with Crippen LogP contribution in [0.1, 0.15) is 0 Å². The summed E-state index contributed by atoms with van der Waals surface area (Å²) in [7, 11) is 0. The molecule has 4 heterocycles. The van der Waals surface area contributed by atoms with Crippen LogP contribution in [0.15, 0.2) is 172 Å². The van der Waals surface area contributed by atoms with Gasteiger partial charge in [-0.2, -0.15) is 0 Å². The van der Waals surface area contributed by atoms with Crippen LogP contribution in [0.4, 0.5) is 34.1 Å². The maximum Gasteiger partial charge on any atom is 0.123 e. The van der Waals surface area contributed by atoms with Gasteiger partial charge >= 0.3 is 0 Å². The van der Waals surface area contributed by atoms with Crippen molar-refractivity contribution in [2.45, 2.75) is 0 Å². The standard InChI is InChI=1S/C38H28N14/c1-9-33(10-2-29(1)47-21-39-40-22-47)51(34-11-3-30(4-12-34)48-23-41-42-24-48)37-17-19-38(20-18-37)52(35-13-5-31(6-14-35)49-25-43-44-26-49)36-15-7-32(8-16-36)50-27-45-46-28-50/h1-28H. The van der Waals surface area contributed by atoms with Crippen LogP contribution in [0.5, 0.6) is 0 Å². The van der Waals surface area contributed by atoms with E-state index in [1.165, 1.54) is 0 Å². The molecular formula is C38H28N14. The summed E-state index contributed by atoms with van der Waals surface area (Å²) in [6, 6.07) is 41.8. The van der Waals surface area contributed by atoms with Crippen LogP contribution >= 0.6 is 0 Å². The Labute approximate surface area is 297 Å². The summed E-state index contributed by atoms with van der Waals surface area (Å²) >= 11 is 0. The van der Waals surface area contributed by atoms with E-state index in [-0.39, 0.29) is 0 Å². The molecule has 0 fully saturated rings. The molecule has 14 heteroatoms. The van der Waals surface area contributed by atoms with E-state index in [1.54, 1.807) is 50.6 Å². The topological polar surface area (TPSA) is 129 Å². The zero-order chi connectivity index (χ0) is 34.7. The second kappa shape index (κ2) is 13.3. The molecule has 0 radical (unpaired) electrons. The molecule has 0 aliphatic carbocycles. The minimum absolute atomic E-state index is 0.966. The van der Waals surface area contributed by atoms with Crippen LogP contribution in [0, 0.1) is 0 Å². The molecule has 0 aliphatic rings. The first-order chi connectivity index (χ1) is 25.8. The number of anilines is 6. The predicted octanol–water partition coefficient (Wildman–Crippen LogP) is 6.95.